The van der Waals surface area contributed by atoms with Gasteiger partial charge in [0.1, 0.15) is 121 Å². The van der Waals surface area contributed by atoms with Crippen LogP contribution < -0.4 is 52.6 Å². The van der Waals surface area contributed by atoms with Crippen molar-refractivity contribution in [3.8, 4) is 5.75 Å². The minimum Gasteiger partial charge on any atom is -0.462 e. The summed E-state index contributed by atoms with van der Waals surface area (Å²) in [5.41, 5.74) is 0.548. The third-order valence-corrected chi connectivity index (χ3v) is 21.7. The molecule has 0 spiro atoms. The molecule has 102 heavy (non-hydrogen) atoms. The van der Waals surface area contributed by atoms with Crippen molar-refractivity contribution in [2.45, 2.75) is 211 Å². The van der Waals surface area contributed by atoms with Gasteiger partial charge < -0.3 is 147 Å². The van der Waals surface area contributed by atoms with Gasteiger partial charge in [0.15, 0.2) is 30.7 Å². The summed E-state index contributed by atoms with van der Waals surface area (Å²) in [7, 11) is 0. The molecule has 4 saturated carbocycles. The monoisotopic (exact) mass is 1440 g/mol. The van der Waals surface area contributed by atoms with Crippen molar-refractivity contribution in [3.63, 3.8) is 0 Å². The molecule has 4 bridgehead atoms. The zero-order chi connectivity index (χ0) is 72.7. The zero-order valence-corrected chi connectivity index (χ0v) is 55.5. The highest BCUT2D eigenvalue weighted by molar-refractivity contribution is 5.98. The normalized spacial score (nSPS) is 41.6. The average Bonchev–Trinajstić information content (AvgIpc) is 0.906. The number of aliphatic hydroxyl groups excluding tert-OH is 12. The van der Waals surface area contributed by atoms with Gasteiger partial charge in [0.2, 0.25) is 41.7 Å². The van der Waals surface area contributed by atoms with Crippen molar-refractivity contribution < 1.29 is 123 Å². The van der Waals surface area contributed by atoms with Gasteiger partial charge >= 0.3 is 0 Å². The summed E-state index contributed by atoms with van der Waals surface area (Å²) in [4.78, 5) is 88.5. The van der Waals surface area contributed by atoms with Crippen LogP contribution in [0, 0.1) is 34.0 Å². The molecule has 7 aliphatic heterocycles. The molecule has 37 nitrogen and oxygen atoms in total. The number of guanidine groups is 2. The van der Waals surface area contributed by atoms with Crippen molar-refractivity contribution in [1.82, 2.24) is 52.8 Å². The average molecular weight is 1440 g/mol. The van der Waals surface area contributed by atoms with Crippen molar-refractivity contribution >= 4 is 47.4 Å². The third kappa shape index (κ3) is 15.4. The molecule has 4 aliphatic carbocycles. The number of amides is 6. The first-order valence-electron chi connectivity index (χ1n) is 34.4. The van der Waals surface area contributed by atoms with Crippen molar-refractivity contribution in [2.75, 3.05) is 46.1 Å². The Morgan fingerprint density at radius 2 is 1.22 bits per heavy atom. The second-order valence-corrected chi connectivity index (χ2v) is 28.5. The van der Waals surface area contributed by atoms with Gasteiger partial charge in [0, 0.05) is 30.8 Å². The van der Waals surface area contributed by atoms with Crippen molar-refractivity contribution in [3.05, 3.63) is 65.7 Å². The van der Waals surface area contributed by atoms with E-state index >= 15 is 9.59 Å². The topological polar surface area (TPSA) is 569 Å². The Bertz CT molecular complexity index is 3310. The molecule has 2 aromatic rings. The number of fused-ring (bicyclic) bond motifs is 1. The van der Waals surface area contributed by atoms with Crippen LogP contribution >= 0.6 is 0 Å². The van der Waals surface area contributed by atoms with E-state index in [1.807, 2.05) is 0 Å². The summed E-state index contributed by atoms with van der Waals surface area (Å²) in [6.07, 6.45) is -23.5. The highest BCUT2D eigenvalue weighted by Gasteiger charge is 2.61. The molecule has 11 fully saturated rings. The smallest absolute Gasteiger partial charge is 0.246 e. The maximum atomic E-state index is 15.2. The van der Waals surface area contributed by atoms with Crippen LogP contribution in [-0.4, -0.2) is 312 Å². The van der Waals surface area contributed by atoms with Crippen LogP contribution in [0.15, 0.2) is 54.6 Å². The lowest BCUT2D eigenvalue weighted by atomic mass is 9.49. The number of carbonyl (C=O) groups is 6. The molecule has 26 atom stereocenters. The van der Waals surface area contributed by atoms with E-state index in [2.05, 4.69) is 47.9 Å². The van der Waals surface area contributed by atoms with Crippen LogP contribution in [0.25, 0.3) is 0 Å². The van der Waals surface area contributed by atoms with Crippen LogP contribution in [0.3, 0.4) is 0 Å². The molecule has 37 heteroatoms. The van der Waals surface area contributed by atoms with Gasteiger partial charge in [-0.05, 0) is 79.5 Å². The van der Waals surface area contributed by atoms with Gasteiger partial charge in [-0.1, -0.05) is 49.4 Å². The van der Waals surface area contributed by atoms with Crippen LogP contribution in [0.5, 0.6) is 5.75 Å². The number of ether oxygens (including phenoxy) is 7. The van der Waals surface area contributed by atoms with E-state index in [1.54, 1.807) is 37.3 Å². The molecule has 2 aromatic carbocycles. The largest absolute Gasteiger partial charge is 0.462 e. The Balaban J connectivity index is 0.783. The number of hydrogen-bond donors (Lipinski definition) is 23. The quantitative estimate of drug-likeness (QED) is 0.0699. The molecule has 11 aliphatic rings. The minimum absolute atomic E-state index is 0.0131. The summed E-state index contributed by atoms with van der Waals surface area (Å²) in [5.74, 6) is -7.36. The van der Waals surface area contributed by atoms with E-state index in [0.717, 1.165) is 24.2 Å². The minimum atomic E-state index is -2.35. The van der Waals surface area contributed by atoms with Crippen LogP contribution in [-0.2, 0) is 63.6 Å². The summed E-state index contributed by atoms with van der Waals surface area (Å²) in [5, 5.41) is 173. The third-order valence-electron chi connectivity index (χ3n) is 21.7. The Labute approximate surface area is 583 Å². The Morgan fingerprint density at radius 3 is 1.86 bits per heavy atom. The standard InChI is InChI=1S/C65H92N12O25/c1-25(30-5-3-2-4-6-30)40-56(93)71-32(14-26-7-9-31(10-8-26)97-60-50(89)47(86)52(37(23-80)99-60)101-61-51(90)48(87)53-38(100-61)24-96-62(102-53)65-15-27-11-28(16-65)13-29(12-27)17-65)55(92)75-41(43(82)33-18-69-63(66)73-33)58(95)76-42(57(94)72-34(21-78)54(91)68-20-39(81)74-40)44(83)35-19-70-64(67)77(35)59-49(88)46(85)45(84)36(22-79)98-59/h2-10,25,27-29,32-38,40-53,59-62,78-80,82-90H,11-24H2,1H3,(H2,67,70)(H,68,91)(H,71,93)(H,72,94)(H,74,81)(H,75,92)(H,76,95)(H3,66,69,73). The maximum absolute atomic E-state index is 15.2. The fourth-order valence-corrected chi connectivity index (χ4v) is 16.6. The lowest BCUT2D eigenvalue weighted by Crippen LogP contribution is -2.69. The first kappa shape index (κ1) is 74.6. The van der Waals surface area contributed by atoms with Crippen molar-refractivity contribution in [2.24, 2.45) is 23.2 Å². The van der Waals surface area contributed by atoms with Gasteiger partial charge in [0.05, 0.1) is 45.1 Å². The summed E-state index contributed by atoms with van der Waals surface area (Å²) >= 11 is 0. The Morgan fingerprint density at radius 1 is 0.588 bits per heavy atom. The molecule has 23 N–H and O–H groups in total. The number of nitrogens with zero attached hydrogens (tertiary/aromatic N) is 1. The van der Waals surface area contributed by atoms with E-state index in [-0.39, 0.29) is 35.8 Å². The molecule has 0 radical (unpaired) electrons. The number of nitrogens with one attached hydrogen (secondary N) is 11. The number of carbonyl (C=O) groups excluding carboxylic acids is 6. The molecule has 26 unspecified atom stereocenters. The second-order valence-electron chi connectivity index (χ2n) is 28.5. The van der Waals surface area contributed by atoms with Gasteiger partial charge in [-0.2, -0.15) is 0 Å². The Hall–Kier alpha value is -7.12. The highest BCUT2D eigenvalue weighted by atomic mass is 16.8. The van der Waals surface area contributed by atoms with E-state index in [0.29, 0.717) is 23.3 Å². The lowest BCUT2D eigenvalue weighted by molar-refractivity contribution is -0.396. The predicted molar refractivity (Wildman–Crippen MR) is 344 cm³/mol. The molecule has 7 saturated heterocycles. The molecule has 0 aromatic heterocycles. The summed E-state index contributed by atoms with van der Waals surface area (Å²) < 4.78 is 42.6. The summed E-state index contributed by atoms with van der Waals surface area (Å²) in [6.45, 7) is -2.92. The molecule has 13 rings (SSSR count). The van der Waals surface area contributed by atoms with Crippen LogP contribution in [0.4, 0.5) is 0 Å². The first-order chi connectivity index (χ1) is 48.8. The van der Waals surface area contributed by atoms with E-state index in [4.69, 9.17) is 44.0 Å². The van der Waals surface area contributed by atoms with Gasteiger partial charge in [-0.25, -0.2) is 0 Å². The fraction of sp³-hybridized carbons (Fsp3) is 0.692. The molecule has 7 heterocycles. The lowest BCUT2D eigenvalue weighted by Gasteiger charge is -2.60. The molecular formula is C65H92N12O25. The van der Waals surface area contributed by atoms with Crippen molar-refractivity contribution in [1.29, 1.82) is 10.8 Å². The van der Waals surface area contributed by atoms with E-state index in [1.165, 1.54) is 43.5 Å². The number of benzene rings is 2. The fourth-order valence-electron chi connectivity index (χ4n) is 16.6. The predicted octanol–water partition coefficient (Wildman–Crippen LogP) is -9.59. The SMILES string of the molecule is CC(c1ccccc1)C1NC(=O)CNC(=O)C(CO)NC(=O)C(C(O)C2CNC(=N)N2C2OC(CO)C(O)C(O)C2O)NC(=O)C(C(O)C2CNC(=N)N2)NC(=O)C(Cc2ccc(OC3OC(CO)C(OC4OC5COC(C67CC8CC(CC(C8)C6)C7)OC5C(O)C4O)C(O)C3O)cc2)NC1=O. The van der Waals surface area contributed by atoms with Gasteiger partial charge in [-0.15, -0.1) is 0 Å². The number of hydrogen-bond acceptors (Lipinski definition) is 27. The second kappa shape index (κ2) is 31.3. The van der Waals surface area contributed by atoms with E-state index < -0.39 is 239 Å². The maximum Gasteiger partial charge on any atom is 0.246 e. The Kier molecular flexibility index (Phi) is 22.9. The number of aliphatic hydroxyl groups is 12. The van der Waals surface area contributed by atoms with Crippen LogP contribution in [0.2, 0.25) is 0 Å². The van der Waals surface area contributed by atoms with Gasteiger partial charge in [-0.3, -0.25) is 39.6 Å². The number of rotatable bonds is 17. The highest BCUT2D eigenvalue weighted by Crippen LogP contribution is 2.62. The summed E-state index contributed by atoms with van der Waals surface area (Å²) in [6, 6.07) is 1.07. The molecule has 6 amide bonds. The zero-order valence-electron chi connectivity index (χ0n) is 55.5. The van der Waals surface area contributed by atoms with E-state index in [9.17, 15) is 80.5 Å². The van der Waals surface area contributed by atoms with Gasteiger partial charge in [0.25, 0.3) is 0 Å². The molecular weight excluding hydrogens is 1350 g/mol. The first-order valence-corrected chi connectivity index (χ1v) is 34.4. The van der Waals surface area contributed by atoms with Crippen LogP contribution in [0.1, 0.15) is 62.5 Å². The molecule has 562 valence electrons.